The summed E-state index contributed by atoms with van der Waals surface area (Å²) < 4.78 is 6.16. The molecule has 5 saturated carbocycles. The van der Waals surface area contributed by atoms with Crippen molar-refractivity contribution in [3.8, 4) is 0 Å². The average Bonchev–Trinajstić information content (AvgIpc) is 3.20. The molecule has 2 heteroatoms. The standard InChI is InChI=1S/C29H48O2/c1-18(2)8-7-9-19(3)23-10-11-24-22-16-26(31-20(4)30)29-17-21(29)12-15-28(29,6)25(22)13-14-27(23,24)5/h18-19,21-26H,7-17H2,1-6H3/t19-,21-,22-,23-,24+,25+,26-,27+,28-,29+/m1/s1. The Bertz CT molecular complexity index is 714. The van der Waals surface area contributed by atoms with Gasteiger partial charge in [-0.2, -0.15) is 0 Å². The van der Waals surface area contributed by atoms with Crippen LogP contribution in [0.25, 0.3) is 0 Å². The van der Waals surface area contributed by atoms with Crippen molar-refractivity contribution < 1.29 is 9.53 Å². The van der Waals surface area contributed by atoms with Crippen molar-refractivity contribution in [1.82, 2.24) is 0 Å². The maximum Gasteiger partial charge on any atom is 0.302 e. The third kappa shape index (κ3) is 3.12. The van der Waals surface area contributed by atoms with Crippen LogP contribution in [0.15, 0.2) is 0 Å². The van der Waals surface area contributed by atoms with E-state index in [1.807, 2.05) is 0 Å². The third-order valence-electron chi connectivity index (χ3n) is 12.1. The molecule has 0 aromatic rings. The van der Waals surface area contributed by atoms with Gasteiger partial charge in [0.1, 0.15) is 6.10 Å². The van der Waals surface area contributed by atoms with Gasteiger partial charge in [0.15, 0.2) is 0 Å². The van der Waals surface area contributed by atoms with E-state index in [-0.39, 0.29) is 12.1 Å². The third-order valence-corrected chi connectivity index (χ3v) is 12.1. The number of ether oxygens (including phenoxy) is 1. The molecule has 0 radical (unpaired) electrons. The van der Waals surface area contributed by atoms with Gasteiger partial charge < -0.3 is 4.74 Å². The Kier molecular flexibility index (Phi) is 5.38. The molecule has 31 heavy (non-hydrogen) atoms. The van der Waals surface area contributed by atoms with Gasteiger partial charge >= 0.3 is 5.97 Å². The number of carbonyl (C=O) groups is 1. The van der Waals surface area contributed by atoms with Crippen LogP contribution in [0.4, 0.5) is 0 Å². The predicted octanol–water partition coefficient (Wildman–Crippen LogP) is 7.65. The molecular formula is C29H48O2. The van der Waals surface area contributed by atoms with Crippen molar-refractivity contribution >= 4 is 5.97 Å². The fraction of sp³-hybridized carbons (Fsp3) is 0.966. The van der Waals surface area contributed by atoms with Crippen molar-refractivity contribution in [3.05, 3.63) is 0 Å². The summed E-state index contributed by atoms with van der Waals surface area (Å²) >= 11 is 0. The van der Waals surface area contributed by atoms with Gasteiger partial charge in [-0.15, -0.1) is 0 Å². The normalized spacial score (nSPS) is 50.9. The van der Waals surface area contributed by atoms with E-state index in [4.69, 9.17) is 4.74 Å². The molecule has 0 heterocycles. The number of fused-ring (bicyclic) bond motifs is 4. The van der Waals surface area contributed by atoms with Crippen LogP contribution >= 0.6 is 0 Å². The smallest absolute Gasteiger partial charge is 0.302 e. The molecule has 0 aromatic heterocycles. The first-order valence-electron chi connectivity index (χ1n) is 13.8. The number of esters is 1. The summed E-state index contributed by atoms with van der Waals surface area (Å²) in [6, 6.07) is 0. The minimum Gasteiger partial charge on any atom is -0.462 e. The molecular weight excluding hydrogens is 380 g/mol. The lowest BCUT2D eigenvalue weighted by Crippen LogP contribution is -2.57. The highest BCUT2D eigenvalue weighted by Crippen LogP contribution is 2.82. The molecule has 10 atom stereocenters. The number of hydrogen-bond acceptors (Lipinski definition) is 2. The van der Waals surface area contributed by atoms with Gasteiger partial charge in [0, 0.05) is 12.3 Å². The molecule has 0 saturated heterocycles. The van der Waals surface area contributed by atoms with Crippen molar-refractivity contribution in [2.24, 2.45) is 57.7 Å². The summed E-state index contributed by atoms with van der Waals surface area (Å²) in [5.41, 5.74) is 1.28. The second-order valence-electron chi connectivity index (χ2n) is 13.6. The van der Waals surface area contributed by atoms with Crippen LogP contribution in [-0.2, 0) is 9.53 Å². The van der Waals surface area contributed by atoms with Crippen LogP contribution in [0, 0.1) is 57.7 Å². The maximum atomic E-state index is 12.1. The van der Waals surface area contributed by atoms with E-state index in [2.05, 4.69) is 34.6 Å². The van der Waals surface area contributed by atoms with Gasteiger partial charge in [0.05, 0.1) is 0 Å². The minimum absolute atomic E-state index is 0.0423. The Morgan fingerprint density at radius 1 is 1.00 bits per heavy atom. The number of hydrogen-bond donors (Lipinski definition) is 0. The quantitative estimate of drug-likeness (QED) is 0.406. The fourth-order valence-electron chi connectivity index (χ4n) is 10.7. The van der Waals surface area contributed by atoms with Gasteiger partial charge in [0.2, 0.25) is 0 Å². The van der Waals surface area contributed by atoms with E-state index in [1.54, 1.807) is 6.92 Å². The van der Waals surface area contributed by atoms with Crippen LogP contribution in [0.5, 0.6) is 0 Å². The lowest BCUT2D eigenvalue weighted by Gasteiger charge is -2.60. The van der Waals surface area contributed by atoms with E-state index < -0.39 is 0 Å². The second-order valence-corrected chi connectivity index (χ2v) is 13.6. The van der Waals surface area contributed by atoms with Crippen LogP contribution in [-0.4, -0.2) is 12.1 Å². The molecule has 5 aliphatic rings. The topological polar surface area (TPSA) is 26.3 Å². The first-order valence-corrected chi connectivity index (χ1v) is 13.8. The molecule has 0 aliphatic heterocycles. The molecule has 0 amide bonds. The summed E-state index contributed by atoms with van der Waals surface area (Å²) in [5, 5.41) is 0. The van der Waals surface area contributed by atoms with Crippen LogP contribution in [0.3, 0.4) is 0 Å². The zero-order valence-corrected chi connectivity index (χ0v) is 21.2. The SMILES string of the molecule is CC(=O)O[C@@H]1C[C@@H]2[C@@H]3CC[C@H]([C@H](C)CCCC(C)C)[C@]3(C)CC[C@@H]2[C@@]2(C)CC[C@@H]3C[C@]312. The van der Waals surface area contributed by atoms with Crippen LogP contribution in [0.1, 0.15) is 112 Å². The van der Waals surface area contributed by atoms with Crippen LogP contribution in [0.2, 0.25) is 0 Å². The van der Waals surface area contributed by atoms with Crippen molar-refractivity contribution in [3.63, 3.8) is 0 Å². The van der Waals surface area contributed by atoms with Gasteiger partial charge in [-0.25, -0.2) is 0 Å². The largest absolute Gasteiger partial charge is 0.462 e. The molecule has 5 rings (SSSR count). The highest BCUT2D eigenvalue weighted by Gasteiger charge is 2.78. The van der Waals surface area contributed by atoms with E-state index in [1.165, 1.54) is 70.6 Å². The van der Waals surface area contributed by atoms with E-state index >= 15 is 0 Å². The molecule has 0 bridgehead atoms. The van der Waals surface area contributed by atoms with E-state index in [9.17, 15) is 4.79 Å². The van der Waals surface area contributed by atoms with E-state index in [0.29, 0.717) is 16.2 Å². The maximum absolute atomic E-state index is 12.1. The molecule has 5 aliphatic carbocycles. The highest BCUT2D eigenvalue weighted by atomic mass is 16.5. The Morgan fingerprint density at radius 2 is 1.77 bits per heavy atom. The molecule has 0 unspecified atom stereocenters. The predicted molar refractivity (Wildman–Crippen MR) is 126 cm³/mol. The first-order chi connectivity index (χ1) is 14.6. The lowest BCUT2D eigenvalue weighted by molar-refractivity contribution is -0.182. The molecule has 0 aromatic carbocycles. The minimum atomic E-state index is -0.0423. The summed E-state index contributed by atoms with van der Waals surface area (Å²) in [4.78, 5) is 12.1. The average molecular weight is 429 g/mol. The number of carbonyl (C=O) groups excluding carboxylic acids is 1. The first kappa shape index (κ1) is 22.3. The summed E-state index contributed by atoms with van der Waals surface area (Å²) in [6.07, 6.45) is 15.4. The van der Waals surface area contributed by atoms with Crippen LogP contribution < -0.4 is 0 Å². The van der Waals surface area contributed by atoms with Crippen molar-refractivity contribution in [2.45, 2.75) is 118 Å². The van der Waals surface area contributed by atoms with Crippen molar-refractivity contribution in [1.29, 1.82) is 0 Å². The van der Waals surface area contributed by atoms with Crippen molar-refractivity contribution in [2.75, 3.05) is 0 Å². The van der Waals surface area contributed by atoms with E-state index in [0.717, 1.165) is 41.4 Å². The Labute approximate surface area is 191 Å². The second kappa shape index (κ2) is 7.49. The van der Waals surface area contributed by atoms with Gasteiger partial charge in [-0.05, 0) is 104 Å². The Morgan fingerprint density at radius 3 is 2.45 bits per heavy atom. The lowest BCUT2D eigenvalue weighted by atomic mass is 9.45. The molecule has 5 fully saturated rings. The number of rotatable bonds is 6. The molecule has 176 valence electrons. The fourth-order valence-corrected chi connectivity index (χ4v) is 10.7. The summed E-state index contributed by atoms with van der Waals surface area (Å²) in [7, 11) is 0. The molecule has 0 N–H and O–H groups in total. The molecule has 2 nitrogen and oxygen atoms in total. The van der Waals surface area contributed by atoms with Gasteiger partial charge in [-0.3, -0.25) is 4.79 Å². The Balaban J connectivity index is 1.37. The zero-order chi connectivity index (χ0) is 22.2. The summed E-state index contributed by atoms with van der Waals surface area (Å²) in [5.74, 6) is 5.91. The monoisotopic (exact) mass is 428 g/mol. The zero-order valence-electron chi connectivity index (χ0n) is 21.2. The van der Waals surface area contributed by atoms with Gasteiger partial charge in [0.25, 0.3) is 0 Å². The Hall–Kier alpha value is -0.530. The summed E-state index contributed by atoms with van der Waals surface area (Å²) in [6.45, 7) is 14.2. The molecule has 1 spiro atoms. The highest BCUT2D eigenvalue weighted by molar-refractivity contribution is 5.66. The van der Waals surface area contributed by atoms with Gasteiger partial charge in [-0.1, -0.05) is 53.9 Å².